The van der Waals surface area contributed by atoms with E-state index in [2.05, 4.69) is 20.8 Å². The number of nitrogens with two attached hydrogens (primary N) is 1. The van der Waals surface area contributed by atoms with Gasteiger partial charge in [0.1, 0.15) is 6.10 Å². The number of nitrogens with zero attached hydrogens (tertiary/aromatic N) is 1. The van der Waals surface area contributed by atoms with Crippen molar-refractivity contribution in [1.29, 1.82) is 0 Å². The van der Waals surface area contributed by atoms with Gasteiger partial charge < -0.3 is 0 Å². The van der Waals surface area contributed by atoms with E-state index in [1.165, 1.54) is 18.4 Å². The fraction of sp³-hybridized carbons (Fsp3) is 0.571. The van der Waals surface area contributed by atoms with Crippen LogP contribution in [0.3, 0.4) is 0 Å². The van der Waals surface area contributed by atoms with E-state index in [1.807, 2.05) is 0 Å². The second kappa shape index (κ2) is 6.22. The van der Waals surface area contributed by atoms with E-state index in [0.29, 0.717) is 0 Å². The highest BCUT2D eigenvalue weighted by Gasteiger charge is 2.30. The Balaban J connectivity index is 3.14. The molecule has 0 saturated carbocycles. The van der Waals surface area contributed by atoms with Gasteiger partial charge in [-0.1, -0.05) is 32.9 Å². The lowest BCUT2D eigenvalue weighted by Crippen LogP contribution is -2.26. The van der Waals surface area contributed by atoms with Crippen LogP contribution in [0.5, 0.6) is 0 Å². The molecule has 114 valence electrons. The Morgan fingerprint density at radius 2 is 1.75 bits per heavy atom. The first-order valence-electron chi connectivity index (χ1n) is 6.55. The Labute approximate surface area is 121 Å². The average molecular weight is 300 g/mol. The molecule has 1 atom stereocenters. The average Bonchev–Trinajstić information content (AvgIpc) is 2.39. The van der Waals surface area contributed by atoms with E-state index in [0.717, 1.165) is 12.0 Å². The number of sulfonamides is 1. The molecule has 1 aromatic carbocycles. The molecule has 0 fully saturated rings. The number of hydrogen-bond donors (Lipinski definition) is 1. The molecule has 5 nitrogen and oxygen atoms in total. The van der Waals surface area contributed by atoms with E-state index in [4.69, 9.17) is 10.7 Å². The molecule has 2 N–H and O–H groups in total. The molecule has 1 aromatic rings. The fourth-order valence-corrected chi connectivity index (χ4v) is 2.83. The summed E-state index contributed by atoms with van der Waals surface area (Å²) in [6.45, 7) is 6.20. The van der Waals surface area contributed by atoms with Gasteiger partial charge in [0, 0.05) is 14.1 Å². The minimum absolute atomic E-state index is 0.128. The van der Waals surface area contributed by atoms with Crippen molar-refractivity contribution in [1.82, 2.24) is 4.31 Å². The molecule has 0 radical (unpaired) electrons. The lowest BCUT2D eigenvalue weighted by atomic mass is 9.80. The van der Waals surface area contributed by atoms with Gasteiger partial charge in [0.15, 0.2) is 0 Å². The van der Waals surface area contributed by atoms with Gasteiger partial charge in [-0.3, -0.25) is 4.84 Å². The van der Waals surface area contributed by atoms with Gasteiger partial charge in [-0.2, -0.15) is 0 Å². The summed E-state index contributed by atoms with van der Waals surface area (Å²) < 4.78 is 25.2. The Morgan fingerprint density at radius 3 is 2.10 bits per heavy atom. The lowest BCUT2D eigenvalue weighted by molar-refractivity contribution is -0.0316. The lowest BCUT2D eigenvalue weighted by Gasteiger charge is -2.31. The van der Waals surface area contributed by atoms with E-state index >= 15 is 0 Å². The maximum atomic E-state index is 12.0. The van der Waals surface area contributed by atoms with E-state index < -0.39 is 10.0 Å². The summed E-state index contributed by atoms with van der Waals surface area (Å²) in [6.07, 6.45) is 0.621. The summed E-state index contributed by atoms with van der Waals surface area (Å²) in [5.41, 5.74) is 0.744. The number of rotatable bonds is 6. The van der Waals surface area contributed by atoms with Crippen molar-refractivity contribution in [2.75, 3.05) is 14.1 Å². The molecule has 0 spiro atoms. The number of benzene rings is 1. The van der Waals surface area contributed by atoms with E-state index in [-0.39, 0.29) is 16.4 Å². The molecule has 1 unspecified atom stereocenters. The smallest absolute Gasteiger partial charge is 0.242 e. The van der Waals surface area contributed by atoms with E-state index in [1.54, 1.807) is 24.3 Å². The summed E-state index contributed by atoms with van der Waals surface area (Å²) in [5, 5.41) is 0. The van der Waals surface area contributed by atoms with Crippen LogP contribution in [0.4, 0.5) is 0 Å². The van der Waals surface area contributed by atoms with Gasteiger partial charge >= 0.3 is 0 Å². The van der Waals surface area contributed by atoms with Crippen LogP contribution < -0.4 is 5.90 Å². The van der Waals surface area contributed by atoms with Gasteiger partial charge in [0.2, 0.25) is 10.0 Å². The molecular formula is C14H24N2O3S. The Morgan fingerprint density at radius 1 is 1.25 bits per heavy atom. The van der Waals surface area contributed by atoms with Gasteiger partial charge in [0.25, 0.3) is 0 Å². The molecule has 1 rings (SSSR count). The summed E-state index contributed by atoms with van der Waals surface area (Å²) in [6, 6.07) is 6.68. The normalized spacial score (nSPS) is 14.6. The first kappa shape index (κ1) is 17.1. The molecule has 0 bridgehead atoms. The summed E-state index contributed by atoms with van der Waals surface area (Å²) in [4.78, 5) is 5.37. The highest BCUT2D eigenvalue weighted by Crippen LogP contribution is 2.38. The van der Waals surface area contributed by atoms with Crippen LogP contribution >= 0.6 is 0 Å². The zero-order valence-electron chi connectivity index (χ0n) is 12.8. The first-order chi connectivity index (χ1) is 9.16. The zero-order chi connectivity index (χ0) is 15.6. The fourth-order valence-electron chi connectivity index (χ4n) is 1.92. The maximum absolute atomic E-state index is 12.0. The molecule has 6 heteroatoms. The SMILES string of the molecule is CCC(C)(C)C(ON)c1ccc(S(=O)(=O)N(C)C)cc1. The van der Waals surface area contributed by atoms with Crippen molar-refractivity contribution < 1.29 is 13.3 Å². The molecular weight excluding hydrogens is 276 g/mol. The summed E-state index contributed by atoms with van der Waals surface area (Å²) in [7, 11) is -0.388. The second-order valence-electron chi connectivity index (χ2n) is 5.71. The predicted molar refractivity (Wildman–Crippen MR) is 79.4 cm³/mol. The molecule has 0 aliphatic heterocycles. The largest absolute Gasteiger partial charge is 0.296 e. The minimum Gasteiger partial charge on any atom is -0.296 e. The molecule has 0 aromatic heterocycles. The minimum atomic E-state index is -3.41. The monoisotopic (exact) mass is 300 g/mol. The topological polar surface area (TPSA) is 72.6 Å². The molecule has 0 saturated heterocycles. The van der Waals surface area contributed by atoms with E-state index in [9.17, 15) is 8.42 Å². The third-order valence-corrected chi connectivity index (χ3v) is 5.55. The molecule has 0 heterocycles. The second-order valence-corrected chi connectivity index (χ2v) is 7.87. The third kappa shape index (κ3) is 3.38. The van der Waals surface area contributed by atoms with Gasteiger partial charge in [-0.15, -0.1) is 0 Å². The van der Waals surface area contributed by atoms with Crippen LogP contribution in [-0.2, 0) is 14.9 Å². The van der Waals surface area contributed by atoms with Crippen molar-refractivity contribution >= 4 is 10.0 Å². The third-order valence-electron chi connectivity index (χ3n) is 3.72. The molecule has 0 amide bonds. The van der Waals surface area contributed by atoms with Gasteiger partial charge in [-0.05, 0) is 29.5 Å². The van der Waals surface area contributed by atoms with Crippen molar-refractivity contribution in [3.63, 3.8) is 0 Å². The quantitative estimate of drug-likeness (QED) is 0.818. The standard InChI is InChI=1S/C14H24N2O3S/c1-6-14(2,3)13(19-15)11-7-9-12(10-8-11)20(17,18)16(4)5/h7-10,13H,6,15H2,1-5H3. The Hall–Kier alpha value is -0.950. The highest BCUT2D eigenvalue weighted by molar-refractivity contribution is 7.89. The van der Waals surface area contributed by atoms with Crippen molar-refractivity contribution in [3.8, 4) is 0 Å². The predicted octanol–water partition coefficient (Wildman–Crippen LogP) is 2.30. The maximum Gasteiger partial charge on any atom is 0.242 e. The molecule has 0 aliphatic carbocycles. The van der Waals surface area contributed by atoms with Crippen LogP contribution in [0.25, 0.3) is 0 Å². The van der Waals surface area contributed by atoms with Crippen LogP contribution in [0.1, 0.15) is 38.9 Å². The van der Waals surface area contributed by atoms with Crippen molar-refractivity contribution in [3.05, 3.63) is 29.8 Å². The van der Waals surface area contributed by atoms with Gasteiger partial charge in [-0.25, -0.2) is 18.6 Å². The van der Waals surface area contributed by atoms with Crippen LogP contribution in [0, 0.1) is 5.41 Å². The van der Waals surface area contributed by atoms with Crippen molar-refractivity contribution in [2.45, 2.75) is 38.2 Å². The first-order valence-corrected chi connectivity index (χ1v) is 7.99. The van der Waals surface area contributed by atoms with Crippen LogP contribution in [-0.4, -0.2) is 26.8 Å². The number of hydrogen-bond acceptors (Lipinski definition) is 4. The highest BCUT2D eigenvalue weighted by atomic mass is 32.2. The molecule has 0 aliphatic rings. The Bertz CT molecular complexity index is 536. The van der Waals surface area contributed by atoms with Crippen LogP contribution in [0.15, 0.2) is 29.2 Å². The van der Waals surface area contributed by atoms with Crippen molar-refractivity contribution in [2.24, 2.45) is 11.3 Å². The summed E-state index contributed by atoms with van der Waals surface area (Å²) in [5.74, 6) is 5.41. The Kier molecular flexibility index (Phi) is 5.32. The zero-order valence-corrected chi connectivity index (χ0v) is 13.6. The molecule has 20 heavy (non-hydrogen) atoms. The summed E-state index contributed by atoms with van der Waals surface area (Å²) >= 11 is 0. The van der Waals surface area contributed by atoms with Crippen LogP contribution in [0.2, 0.25) is 0 Å². The van der Waals surface area contributed by atoms with Gasteiger partial charge in [0.05, 0.1) is 4.90 Å².